The zero-order chi connectivity index (χ0) is 23.0. The number of fused-ring (bicyclic) bond motifs is 1. The van der Waals surface area contributed by atoms with Gasteiger partial charge in [-0.1, -0.05) is 42.0 Å². The highest BCUT2D eigenvalue weighted by molar-refractivity contribution is 7.92. The second-order valence-corrected chi connectivity index (χ2v) is 9.44. The Kier molecular flexibility index (Phi) is 5.07. The third-order valence-corrected chi connectivity index (χ3v) is 6.79. The van der Waals surface area contributed by atoms with Crippen molar-refractivity contribution in [2.75, 3.05) is 10.5 Å². The standard InChI is InChI=1S/C25H21N5O2S/c1-17-5-9-22(10-6-17)33(31,32)29-21-4-2-3-19(13-21)20-8-7-18-11-12-30(23(18)14-20)25-15-24(26)27-16-28-25/h2-16,29H,1H3,(H2,26,27,28). The van der Waals surface area contributed by atoms with Gasteiger partial charge in [-0.05, 0) is 54.4 Å². The summed E-state index contributed by atoms with van der Waals surface area (Å²) in [5, 5.41) is 1.05. The number of nitrogens with two attached hydrogens (primary N) is 1. The van der Waals surface area contributed by atoms with Crippen LogP contribution in [-0.4, -0.2) is 23.0 Å². The maximum atomic E-state index is 12.8. The number of nitrogens with zero attached hydrogens (tertiary/aromatic N) is 3. The number of anilines is 2. The molecule has 0 bridgehead atoms. The van der Waals surface area contributed by atoms with Gasteiger partial charge in [0.05, 0.1) is 10.4 Å². The van der Waals surface area contributed by atoms with Crippen LogP contribution in [0.5, 0.6) is 0 Å². The molecule has 3 N–H and O–H groups in total. The van der Waals surface area contributed by atoms with Crippen LogP contribution >= 0.6 is 0 Å². The topological polar surface area (TPSA) is 103 Å². The molecule has 0 aliphatic heterocycles. The Labute approximate surface area is 191 Å². The number of hydrogen-bond acceptors (Lipinski definition) is 5. The average molecular weight is 456 g/mol. The summed E-state index contributed by atoms with van der Waals surface area (Å²) >= 11 is 0. The van der Waals surface area contributed by atoms with Crippen LogP contribution in [0, 0.1) is 6.92 Å². The van der Waals surface area contributed by atoms with Crippen molar-refractivity contribution >= 4 is 32.4 Å². The molecule has 0 amide bonds. The SMILES string of the molecule is Cc1ccc(S(=O)(=O)Nc2cccc(-c3ccc4ccn(-c5cc(N)ncn5)c4c3)c2)cc1. The summed E-state index contributed by atoms with van der Waals surface area (Å²) in [5.41, 5.74) is 10.1. The van der Waals surface area contributed by atoms with Gasteiger partial charge in [0.25, 0.3) is 10.0 Å². The first kappa shape index (κ1) is 20.7. The van der Waals surface area contributed by atoms with E-state index in [1.165, 1.54) is 6.33 Å². The maximum absolute atomic E-state index is 12.8. The number of aromatic nitrogens is 3. The van der Waals surface area contributed by atoms with E-state index >= 15 is 0 Å². The van der Waals surface area contributed by atoms with E-state index < -0.39 is 10.0 Å². The minimum atomic E-state index is -3.68. The highest BCUT2D eigenvalue weighted by Crippen LogP contribution is 2.29. The van der Waals surface area contributed by atoms with Crippen molar-refractivity contribution in [2.24, 2.45) is 0 Å². The molecule has 0 saturated heterocycles. The molecule has 8 heteroatoms. The van der Waals surface area contributed by atoms with Crippen molar-refractivity contribution < 1.29 is 8.42 Å². The number of aryl methyl sites for hydroxylation is 1. The minimum absolute atomic E-state index is 0.224. The first-order valence-corrected chi connectivity index (χ1v) is 11.8. The highest BCUT2D eigenvalue weighted by atomic mass is 32.2. The molecule has 2 heterocycles. The van der Waals surface area contributed by atoms with E-state index in [4.69, 9.17) is 5.73 Å². The summed E-state index contributed by atoms with van der Waals surface area (Å²) < 4.78 is 30.2. The van der Waals surface area contributed by atoms with Gasteiger partial charge in [0.1, 0.15) is 18.0 Å². The molecule has 2 aromatic heterocycles. The molecule has 0 unspecified atom stereocenters. The molecule has 5 rings (SSSR count). The zero-order valence-corrected chi connectivity index (χ0v) is 18.6. The number of rotatable bonds is 5. The minimum Gasteiger partial charge on any atom is -0.384 e. The lowest BCUT2D eigenvalue weighted by atomic mass is 10.0. The zero-order valence-electron chi connectivity index (χ0n) is 17.8. The van der Waals surface area contributed by atoms with Crippen LogP contribution < -0.4 is 10.5 Å². The van der Waals surface area contributed by atoms with Crippen molar-refractivity contribution in [2.45, 2.75) is 11.8 Å². The van der Waals surface area contributed by atoms with E-state index in [0.717, 1.165) is 27.6 Å². The molecule has 0 saturated carbocycles. The molecule has 0 aliphatic rings. The Morgan fingerprint density at radius 3 is 2.45 bits per heavy atom. The summed E-state index contributed by atoms with van der Waals surface area (Å²) in [6, 6.07) is 23.9. The van der Waals surface area contributed by atoms with Gasteiger partial charge < -0.3 is 10.3 Å². The van der Waals surface area contributed by atoms with E-state index in [0.29, 0.717) is 17.3 Å². The van der Waals surface area contributed by atoms with Gasteiger partial charge in [-0.3, -0.25) is 4.72 Å². The van der Waals surface area contributed by atoms with E-state index in [9.17, 15) is 8.42 Å². The van der Waals surface area contributed by atoms with Crippen molar-refractivity contribution in [3.8, 4) is 16.9 Å². The number of benzene rings is 3. The molecular weight excluding hydrogens is 434 g/mol. The number of nitrogens with one attached hydrogen (secondary N) is 1. The maximum Gasteiger partial charge on any atom is 0.261 e. The Morgan fingerprint density at radius 2 is 1.67 bits per heavy atom. The fraction of sp³-hybridized carbons (Fsp3) is 0.0400. The van der Waals surface area contributed by atoms with Gasteiger partial charge in [0.2, 0.25) is 0 Å². The molecule has 7 nitrogen and oxygen atoms in total. The van der Waals surface area contributed by atoms with Crippen LogP contribution in [0.1, 0.15) is 5.56 Å². The lowest BCUT2D eigenvalue weighted by molar-refractivity contribution is 0.601. The van der Waals surface area contributed by atoms with Gasteiger partial charge in [0, 0.05) is 23.3 Å². The summed E-state index contributed by atoms with van der Waals surface area (Å²) in [6.45, 7) is 1.92. The summed E-state index contributed by atoms with van der Waals surface area (Å²) in [6.07, 6.45) is 3.37. The number of hydrogen-bond donors (Lipinski definition) is 2. The first-order chi connectivity index (χ1) is 15.9. The van der Waals surface area contributed by atoms with Gasteiger partial charge in [-0.15, -0.1) is 0 Å². The fourth-order valence-corrected chi connectivity index (χ4v) is 4.74. The van der Waals surface area contributed by atoms with Crippen molar-refractivity contribution in [3.05, 3.63) is 97.0 Å². The second kappa shape index (κ2) is 8.07. The third kappa shape index (κ3) is 4.16. The smallest absolute Gasteiger partial charge is 0.261 e. The summed E-state index contributed by atoms with van der Waals surface area (Å²) in [5.74, 6) is 1.07. The first-order valence-electron chi connectivity index (χ1n) is 10.3. The van der Waals surface area contributed by atoms with Gasteiger partial charge >= 0.3 is 0 Å². The highest BCUT2D eigenvalue weighted by Gasteiger charge is 2.14. The van der Waals surface area contributed by atoms with Crippen LogP contribution in [0.25, 0.3) is 27.8 Å². The second-order valence-electron chi connectivity index (χ2n) is 7.76. The molecule has 0 atom stereocenters. The van der Waals surface area contributed by atoms with Crippen molar-refractivity contribution in [1.29, 1.82) is 0 Å². The number of nitrogen functional groups attached to an aromatic ring is 1. The van der Waals surface area contributed by atoms with Crippen LogP contribution in [0.3, 0.4) is 0 Å². The molecule has 5 aromatic rings. The Bertz CT molecular complexity index is 1570. The molecule has 0 fully saturated rings. The molecule has 0 spiro atoms. The third-order valence-electron chi connectivity index (χ3n) is 5.39. The largest absolute Gasteiger partial charge is 0.384 e. The van der Waals surface area contributed by atoms with E-state index in [-0.39, 0.29) is 4.90 Å². The number of sulfonamides is 1. The lowest BCUT2D eigenvalue weighted by Crippen LogP contribution is -2.12. The lowest BCUT2D eigenvalue weighted by Gasteiger charge is -2.11. The summed E-state index contributed by atoms with van der Waals surface area (Å²) in [7, 11) is -3.68. The Balaban J connectivity index is 1.50. The van der Waals surface area contributed by atoms with Gasteiger partial charge in [-0.2, -0.15) is 0 Å². The molecule has 0 aliphatic carbocycles. The molecule has 0 radical (unpaired) electrons. The molecular formula is C25H21N5O2S. The predicted octanol–water partition coefficient (Wildman–Crippen LogP) is 4.78. The van der Waals surface area contributed by atoms with Gasteiger partial charge in [-0.25, -0.2) is 18.4 Å². The van der Waals surface area contributed by atoms with Gasteiger partial charge in [0.15, 0.2) is 0 Å². The predicted molar refractivity (Wildman–Crippen MR) is 131 cm³/mol. The van der Waals surface area contributed by atoms with Crippen LogP contribution in [0.4, 0.5) is 11.5 Å². The van der Waals surface area contributed by atoms with Crippen LogP contribution in [0.2, 0.25) is 0 Å². The Morgan fingerprint density at radius 1 is 0.879 bits per heavy atom. The van der Waals surface area contributed by atoms with Crippen LogP contribution in [-0.2, 0) is 10.0 Å². The van der Waals surface area contributed by atoms with E-state index in [2.05, 4.69) is 14.7 Å². The molecule has 33 heavy (non-hydrogen) atoms. The average Bonchev–Trinajstić information content (AvgIpc) is 3.22. The van der Waals surface area contributed by atoms with Crippen molar-refractivity contribution in [3.63, 3.8) is 0 Å². The molecule has 164 valence electrons. The van der Waals surface area contributed by atoms with Crippen molar-refractivity contribution in [1.82, 2.24) is 14.5 Å². The quantitative estimate of drug-likeness (QED) is 0.397. The Hall–Kier alpha value is -4.17. The monoisotopic (exact) mass is 455 g/mol. The summed E-state index contributed by atoms with van der Waals surface area (Å²) in [4.78, 5) is 8.50. The fourth-order valence-electron chi connectivity index (χ4n) is 3.69. The normalized spacial score (nSPS) is 11.5. The molecule has 3 aromatic carbocycles. The van der Waals surface area contributed by atoms with E-state index in [1.807, 2.05) is 60.2 Å². The van der Waals surface area contributed by atoms with Crippen LogP contribution in [0.15, 0.2) is 96.3 Å². The van der Waals surface area contributed by atoms with E-state index in [1.54, 1.807) is 36.4 Å².